The molecular formula is C11H16BFN2O2S. The minimum Gasteiger partial charge on any atom is -0.356 e. The molecule has 18 heavy (non-hydrogen) atoms. The van der Waals surface area contributed by atoms with E-state index in [4.69, 9.17) is 0 Å². The van der Waals surface area contributed by atoms with Crippen LogP contribution in [-0.2, 0) is 10.0 Å². The summed E-state index contributed by atoms with van der Waals surface area (Å²) in [5.74, 6) is -0.616. The lowest BCUT2D eigenvalue weighted by atomic mass is 10.0. The van der Waals surface area contributed by atoms with Crippen molar-refractivity contribution in [2.75, 3.05) is 11.0 Å². The maximum atomic E-state index is 13.9. The van der Waals surface area contributed by atoms with Gasteiger partial charge in [-0.3, -0.25) is 4.72 Å². The Bertz CT molecular complexity index is 560. The van der Waals surface area contributed by atoms with Gasteiger partial charge >= 0.3 is 0 Å². The van der Waals surface area contributed by atoms with Crippen LogP contribution in [0, 0.1) is 5.82 Å². The molecule has 0 aliphatic heterocycles. The number of hydrogen-bond donors (Lipinski definition) is 2. The molecule has 0 aliphatic rings. The maximum Gasteiger partial charge on any atom is 0.229 e. The fraction of sp³-hybridized carbons (Fsp3) is 0.273. The van der Waals surface area contributed by atoms with Crippen molar-refractivity contribution in [3.8, 4) is 0 Å². The summed E-state index contributed by atoms with van der Waals surface area (Å²) in [7, 11) is -1.76. The number of hydrogen-bond acceptors (Lipinski definition) is 3. The lowest BCUT2D eigenvalue weighted by Crippen LogP contribution is -2.16. The molecular weight excluding hydrogens is 254 g/mol. The Hall–Kier alpha value is -1.34. The SMILES string of the molecule is BN[C@H](C)c1cc(F)c(NS(C)(=O)=O)c(C=C)c1. The highest BCUT2D eigenvalue weighted by Gasteiger charge is 2.14. The van der Waals surface area contributed by atoms with Crippen LogP contribution >= 0.6 is 0 Å². The molecule has 0 radical (unpaired) electrons. The van der Waals surface area contributed by atoms with Crippen LogP contribution in [0.25, 0.3) is 6.08 Å². The van der Waals surface area contributed by atoms with Crippen LogP contribution in [0.1, 0.15) is 24.1 Å². The molecule has 0 spiro atoms. The van der Waals surface area contributed by atoms with Crippen molar-refractivity contribution in [3.63, 3.8) is 0 Å². The van der Waals surface area contributed by atoms with Crippen LogP contribution in [0.5, 0.6) is 0 Å². The lowest BCUT2D eigenvalue weighted by molar-refractivity contribution is 0.602. The highest BCUT2D eigenvalue weighted by molar-refractivity contribution is 7.92. The molecule has 1 atom stereocenters. The summed E-state index contributed by atoms with van der Waals surface area (Å²) >= 11 is 0. The molecule has 7 heteroatoms. The van der Waals surface area contributed by atoms with Crippen molar-refractivity contribution in [3.05, 3.63) is 35.7 Å². The summed E-state index contributed by atoms with van der Waals surface area (Å²) in [4.78, 5) is 0. The zero-order valence-corrected chi connectivity index (χ0v) is 11.4. The Kier molecular flexibility index (Phi) is 4.53. The van der Waals surface area contributed by atoms with Crippen molar-refractivity contribution < 1.29 is 12.8 Å². The van der Waals surface area contributed by atoms with Gasteiger partial charge in [0.1, 0.15) is 5.82 Å². The third-order valence-electron chi connectivity index (χ3n) is 2.58. The molecule has 0 amide bonds. The first-order valence-electron chi connectivity index (χ1n) is 5.39. The number of rotatable bonds is 5. The second-order valence-corrected chi connectivity index (χ2v) is 5.80. The zero-order valence-electron chi connectivity index (χ0n) is 10.6. The summed E-state index contributed by atoms with van der Waals surface area (Å²) in [6, 6.07) is 2.97. The van der Waals surface area contributed by atoms with Gasteiger partial charge in [-0.15, -0.1) is 0 Å². The van der Waals surface area contributed by atoms with Crippen LogP contribution in [0.15, 0.2) is 18.7 Å². The topological polar surface area (TPSA) is 58.2 Å². The van der Waals surface area contributed by atoms with E-state index >= 15 is 0 Å². The Morgan fingerprint density at radius 2 is 2.11 bits per heavy atom. The van der Waals surface area contributed by atoms with Crippen LogP contribution in [-0.4, -0.2) is 22.7 Å². The van der Waals surface area contributed by atoms with Gasteiger partial charge in [-0.1, -0.05) is 12.7 Å². The van der Waals surface area contributed by atoms with E-state index in [9.17, 15) is 12.8 Å². The van der Waals surface area contributed by atoms with E-state index in [0.29, 0.717) is 5.56 Å². The molecule has 2 N–H and O–H groups in total. The second-order valence-electron chi connectivity index (χ2n) is 4.06. The Morgan fingerprint density at radius 3 is 2.56 bits per heavy atom. The summed E-state index contributed by atoms with van der Waals surface area (Å²) < 4.78 is 38.4. The van der Waals surface area contributed by atoms with Crippen molar-refractivity contribution in [1.82, 2.24) is 5.23 Å². The normalized spacial score (nSPS) is 13.1. The van der Waals surface area contributed by atoms with Gasteiger partial charge in [0.25, 0.3) is 0 Å². The van der Waals surface area contributed by atoms with Crippen molar-refractivity contribution in [2.24, 2.45) is 0 Å². The molecule has 4 nitrogen and oxygen atoms in total. The number of halogens is 1. The quantitative estimate of drug-likeness (QED) is 0.786. The first kappa shape index (κ1) is 14.7. The molecule has 98 valence electrons. The maximum absolute atomic E-state index is 13.9. The van der Waals surface area contributed by atoms with E-state index in [1.807, 2.05) is 6.92 Å². The Morgan fingerprint density at radius 1 is 1.50 bits per heavy atom. The van der Waals surface area contributed by atoms with Gasteiger partial charge in [0.2, 0.25) is 10.0 Å². The summed E-state index contributed by atoms with van der Waals surface area (Å²) in [6.45, 7) is 5.45. The first-order valence-corrected chi connectivity index (χ1v) is 7.28. The molecule has 0 bridgehead atoms. The molecule has 0 aromatic heterocycles. The molecule has 0 saturated carbocycles. The minimum absolute atomic E-state index is 0.0366. The summed E-state index contributed by atoms with van der Waals surface area (Å²) in [5.41, 5.74) is 1.07. The van der Waals surface area contributed by atoms with E-state index in [0.717, 1.165) is 11.8 Å². The molecule has 0 saturated heterocycles. The van der Waals surface area contributed by atoms with Gasteiger partial charge in [-0.2, -0.15) is 0 Å². The fourth-order valence-corrected chi connectivity index (χ4v) is 2.11. The highest BCUT2D eigenvalue weighted by Crippen LogP contribution is 2.26. The molecule has 0 aliphatic carbocycles. The zero-order chi connectivity index (χ0) is 13.9. The van der Waals surface area contributed by atoms with Crippen LogP contribution in [0.2, 0.25) is 0 Å². The molecule has 0 fully saturated rings. The van der Waals surface area contributed by atoms with E-state index in [2.05, 4.69) is 16.5 Å². The standard InChI is InChI=1S/C11H16BFN2O2S/c1-4-8-5-9(7(2)14-12)6-10(13)11(8)15-18(3,16)17/h4-7,14-15H,1,12H2,2-3H3/t7-/m1/s1. The molecule has 1 aromatic rings. The van der Waals surface area contributed by atoms with E-state index in [1.165, 1.54) is 12.1 Å². The monoisotopic (exact) mass is 270 g/mol. The predicted octanol–water partition coefficient (Wildman–Crippen LogP) is 1.04. The number of nitrogens with one attached hydrogen (secondary N) is 2. The van der Waals surface area contributed by atoms with Crippen molar-refractivity contribution in [1.29, 1.82) is 0 Å². The average Bonchev–Trinajstić information content (AvgIpc) is 2.28. The predicted molar refractivity (Wildman–Crippen MR) is 75.1 cm³/mol. The smallest absolute Gasteiger partial charge is 0.229 e. The Balaban J connectivity index is 3.33. The van der Waals surface area contributed by atoms with Crippen LogP contribution in [0.3, 0.4) is 0 Å². The van der Waals surface area contributed by atoms with Gasteiger partial charge in [-0.05, 0) is 24.6 Å². The molecule has 1 aromatic carbocycles. The average molecular weight is 270 g/mol. The number of benzene rings is 1. The third kappa shape index (κ3) is 3.58. The second kappa shape index (κ2) is 5.54. The molecule has 1 rings (SSSR count). The summed E-state index contributed by atoms with van der Waals surface area (Å²) in [6.07, 6.45) is 2.39. The highest BCUT2D eigenvalue weighted by atomic mass is 32.2. The Labute approximate surface area is 108 Å². The molecule has 0 unspecified atom stereocenters. The van der Waals surface area contributed by atoms with Gasteiger partial charge in [0.15, 0.2) is 7.98 Å². The van der Waals surface area contributed by atoms with Gasteiger partial charge in [-0.25, -0.2) is 12.8 Å². The largest absolute Gasteiger partial charge is 0.356 e. The molecule has 0 heterocycles. The fourth-order valence-electron chi connectivity index (χ4n) is 1.52. The third-order valence-corrected chi connectivity index (χ3v) is 3.16. The minimum atomic E-state index is -3.52. The number of anilines is 1. The lowest BCUT2D eigenvalue weighted by Gasteiger charge is -2.15. The van der Waals surface area contributed by atoms with Crippen LogP contribution in [0.4, 0.5) is 10.1 Å². The van der Waals surface area contributed by atoms with Gasteiger partial charge in [0.05, 0.1) is 11.9 Å². The van der Waals surface area contributed by atoms with E-state index in [-0.39, 0.29) is 11.7 Å². The van der Waals surface area contributed by atoms with Crippen molar-refractivity contribution >= 4 is 29.8 Å². The summed E-state index contributed by atoms with van der Waals surface area (Å²) in [5, 5.41) is 2.99. The van der Waals surface area contributed by atoms with Gasteiger partial charge in [0, 0.05) is 11.6 Å². The first-order chi connectivity index (χ1) is 8.28. The van der Waals surface area contributed by atoms with E-state index < -0.39 is 15.8 Å². The van der Waals surface area contributed by atoms with Gasteiger partial charge < -0.3 is 5.23 Å². The number of sulfonamides is 1. The van der Waals surface area contributed by atoms with E-state index in [1.54, 1.807) is 14.0 Å². The van der Waals surface area contributed by atoms with Crippen molar-refractivity contribution in [2.45, 2.75) is 13.0 Å². The van der Waals surface area contributed by atoms with Crippen LogP contribution < -0.4 is 9.95 Å².